The summed E-state index contributed by atoms with van der Waals surface area (Å²) >= 11 is 1.59. The van der Waals surface area contributed by atoms with E-state index in [1.54, 1.807) is 23.8 Å². The van der Waals surface area contributed by atoms with Gasteiger partial charge in [-0.3, -0.25) is 9.59 Å². The Labute approximate surface area is 195 Å². The van der Waals surface area contributed by atoms with E-state index in [0.717, 1.165) is 42.7 Å². The second-order valence-electron chi connectivity index (χ2n) is 8.27. The monoisotopic (exact) mass is 454 g/mol. The van der Waals surface area contributed by atoms with E-state index in [-0.39, 0.29) is 17.9 Å². The van der Waals surface area contributed by atoms with Crippen molar-refractivity contribution >= 4 is 23.6 Å². The number of amides is 2. The second-order valence-corrected chi connectivity index (χ2v) is 9.25. The largest absolute Gasteiger partial charge is 0.497 e. The van der Waals surface area contributed by atoms with Crippen LogP contribution in [0.15, 0.2) is 54.6 Å². The number of carbonyl (C=O) groups is 2. The van der Waals surface area contributed by atoms with Gasteiger partial charge in [0.2, 0.25) is 11.8 Å². The fourth-order valence-electron chi connectivity index (χ4n) is 4.17. The molecule has 1 N–H and O–H groups in total. The van der Waals surface area contributed by atoms with Gasteiger partial charge < -0.3 is 15.0 Å². The van der Waals surface area contributed by atoms with Crippen molar-refractivity contribution in [3.63, 3.8) is 0 Å². The van der Waals surface area contributed by atoms with Gasteiger partial charge in [-0.25, -0.2) is 0 Å². The van der Waals surface area contributed by atoms with E-state index in [2.05, 4.69) is 17.4 Å². The lowest BCUT2D eigenvalue weighted by atomic mass is 10.1. The highest BCUT2D eigenvalue weighted by molar-refractivity contribution is 7.99. The second kappa shape index (κ2) is 12.5. The molecular formula is C26H34N2O3S. The number of ether oxygens (including phenoxy) is 1. The maximum absolute atomic E-state index is 13.3. The molecule has 1 aliphatic carbocycles. The van der Waals surface area contributed by atoms with E-state index in [9.17, 15) is 9.59 Å². The highest BCUT2D eigenvalue weighted by Gasteiger charge is 2.30. The van der Waals surface area contributed by atoms with Crippen LogP contribution in [0, 0.1) is 0 Å². The van der Waals surface area contributed by atoms with Crippen LogP contribution in [0.3, 0.4) is 0 Å². The van der Waals surface area contributed by atoms with Crippen LogP contribution in [-0.4, -0.2) is 41.7 Å². The smallest absolute Gasteiger partial charge is 0.243 e. The van der Waals surface area contributed by atoms with Gasteiger partial charge in [-0.1, -0.05) is 62.2 Å². The van der Waals surface area contributed by atoms with Gasteiger partial charge in [0, 0.05) is 18.3 Å². The molecule has 0 radical (unpaired) electrons. The Hall–Kier alpha value is -2.47. The van der Waals surface area contributed by atoms with Crippen LogP contribution in [0.25, 0.3) is 0 Å². The van der Waals surface area contributed by atoms with Crippen molar-refractivity contribution in [3.05, 3.63) is 65.7 Å². The molecule has 6 heteroatoms. The Bertz CT molecular complexity index is 868. The summed E-state index contributed by atoms with van der Waals surface area (Å²) in [4.78, 5) is 28.2. The van der Waals surface area contributed by atoms with E-state index in [0.29, 0.717) is 18.7 Å². The topological polar surface area (TPSA) is 58.6 Å². The summed E-state index contributed by atoms with van der Waals surface area (Å²) in [7, 11) is 1.63. The van der Waals surface area contributed by atoms with E-state index in [4.69, 9.17) is 4.74 Å². The van der Waals surface area contributed by atoms with E-state index in [1.165, 1.54) is 5.56 Å². The maximum Gasteiger partial charge on any atom is 0.243 e. The Balaban J connectivity index is 1.71. The highest BCUT2D eigenvalue weighted by atomic mass is 32.2. The number of thioether (sulfide) groups is 1. The van der Waals surface area contributed by atoms with E-state index in [1.807, 2.05) is 49.4 Å². The van der Waals surface area contributed by atoms with Crippen LogP contribution in [0.4, 0.5) is 0 Å². The van der Waals surface area contributed by atoms with Gasteiger partial charge in [-0.2, -0.15) is 0 Å². The molecule has 0 aromatic heterocycles. The zero-order valence-electron chi connectivity index (χ0n) is 19.1. The molecule has 3 rings (SSSR count). The lowest BCUT2D eigenvalue weighted by Gasteiger charge is -2.31. The third-order valence-corrected chi connectivity index (χ3v) is 6.90. The minimum absolute atomic E-state index is 0.0119. The summed E-state index contributed by atoms with van der Waals surface area (Å²) in [5, 5.41) is 3.19. The molecule has 0 saturated heterocycles. The number of nitrogens with one attached hydrogen (secondary N) is 1. The summed E-state index contributed by atoms with van der Waals surface area (Å²) < 4.78 is 5.35. The highest BCUT2D eigenvalue weighted by Crippen LogP contribution is 2.21. The van der Waals surface area contributed by atoms with Crippen LogP contribution in [0.1, 0.15) is 50.2 Å². The molecule has 0 aliphatic heterocycles. The first-order valence-corrected chi connectivity index (χ1v) is 12.6. The summed E-state index contributed by atoms with van der Waals surface area (Å²) in [6, 6.07) is 17.6. The quantitative estimate of drug-likeness (QED) is 0.530. The van der Waals surface area contributed by atoms with Gasteiger partial charge in [0.15, 0.2) is 0 Å². The molecule has 0 spiro atoms. The molecule has 1 saturated carbocycles. The summed E-state index contributed by atoms with van der Waals surface area (Å²) in [5.74, 6) is 1.80. The number of benzene rings is 2. The average molecular weight is 455 g/mol. The van der Waals surface area contributed by atoms with Gasteiger partial charge in [-0.05, 0) is 42.5 Å². The Morgan fingerprint density at radius 2 is 1.81 bits per heavy atom. The molecule has 2 aromatic carbocycles. The lowest BCUT2D eigenvalue weighted by molar-refractivity contribution is -0.139. The first kappa shape index (κ1) is 24.2. The summed E-state index contributed by atoms with van der Waals surface area (Å²) in [5.41, 5.74) is 2.15. The molecule has 0 bridgehead atoms. The third-order valence-electron chi connectivity index (χ3n) is 5.91. The van der Waals surface area contributed by atoms with Gasteiger partial charge in [0.1, 0.15) is 11.8 Å². The van der Waals surface area contributed by atoms with Crippen molar-refractivity contribution in [2.45, 2.75) is 63.4 Å². The van der Waals surface area contributed by atoms with Gasteiger partial charge in [0.25, 0.3) is 0 Å². The van der Waals surface area contributed by atoms with Crippen molar-refractivity contribution in [2.75, 3.05) is 12.9 Å². The number of carbonyl (C=O) groups excluding carboxylic acids is 2. The molecule has 1 unspecified atom stereocenters. The minimum atomic E-state index is -0.480. The zero-order valence-corrected chi connectivity index (χ0v) is 19.9. The number of rotatable bonds is 11. The first-order chi connectivity index (χ1) is 15.6. The fourth-order valence-corrected chi connectivity index (χ4v) is 5.04. The van der Waals surface area contributed by atoms with Crippen LogP contribution in [0.2, 0.25) is 0 Å². The summed E-state index contributed by atoms with van der Waals surface area (Å²) in [6.45, 7) is 2.36. The molecule has 0 heterocycles. The lowest BCUT2D eigenvalue weighted by Crippen LogP contribution is -2.51. The normalized spacial score (nSPS) is 14.7. The Morgan fingerprint density at radius 3 is 2.50 bits per heavy atom. The number of methoxy groups -OCH3 is 1. The van der Waals surface area contributed by atoms with E-state index < -0.39 is 6.04 Å². The van der Waals surface area contributed by atoms with Crippen LogP contribution in [0.5, 0.6) is 5.75 Å². The van der Waals surface area contributed by atoms with Gasteiger partial charge >= 0.3 is 0 Å². The SMILES string of the molecule is CCC(C(=O)NC1CCCC1)N(Cc1cccc(OC)c1)C(=O)CSCc1ccccc1. The number of hydrogen-bond donors (Lipinski definition) is 1. The van der Waals surface area contributed by atoms with Crippen LogP contribution < -0.4 is 10.1 Å². The van der Waals surface area contributed by atoms with Crippen molar-refractivity contribution < 1.29 is 14.3 Å². The Kier molecular flexibility index (Phi) is 9.47. The molecule has 172 valence electrons. The van der Waals surface area contributed by atoms with Crippen LogP contribution in [-0.2, 0) is 21.9 Å². The standard InChI is InChI=1S/C26H34N2O3S/c1-3-24(26(30)27-22-13-7-8-14-22)28(17-21-12-9-15-23(16-21)31-2)25(29)19-32-18-20-10-5-4-6-11-20/h4-6,9-12,15-16,22,24H,3,7-8,13-14,17-19H2,1-2H3,(H,27,30). The van der Waals surface area contributed by atoms with Crippen molar-refractivity contribution in [2.24, 2.45) is 0 Å². The average Bonchev–Trinajstić information content (AvgIpc) is 3.32. The number of nitrogens with zero attached hydrogens (tertiary/aromatic N) is 1. The molecule has 1 aliphatic rings. The number of hydrogen-bond acceptors (Lipinski definition) is 4. The predicted molar refractivity (Wildman–Crippen MR) is 131 cm³/mol. The molecule has 2 amide bonds. The predicted octanol–water partition coefficient (Wildman–Crippen LogP) is 4.79. The fraction of sp³-hybridized carbons (Fsp3) is 0.462. The molecule has 1 atom stereocenters. The molecule has 32 heavy (non-hydrogen) atoms. The molecular weight excluding hydrogens is 420 g/mol. The Morgan fingerprint density at radius 1 is 1.09 bits per heavy atom. The molecule has 5 nitrogen and oxygen atoms in total. The van der Waals surface area contributed by atoms with Crippen LogP contribution >= 0.6 is 11.8 Å². The molecule has 2 aromatic rings. The van der Waals surface area contributed by atoms with Crippen molar-refractivity contribution in [1.82, 2.24) is 10.2 Å². The minimum Gasteiger partial charge on any atom is -0.497 e. The van der Waals surface area contributed by atoms with Gasteiger partial charge in [-0.15, -0.1) is 11.8 Å². The van der Waals surface area contributed by atoms with Gasteiger partial charge in [0.05, 0.1) is 12.9 Å². The maximum atomic E-state index is 13.3. The van der Waals surface area contributed by atoms with Crippen molar-refractivity contribution in [1.29, 1.82) is 0 Å². The first-order valence-electron chi connectivity index (χ1n) is 11.4. The van der Waals surface area contributed by atoms with E-state index >= 15 is 0 Å². The third kappa shape index (κ3) is 7.02. The van der Waals surface area contributed by atoms with Crippen molar-refractivity contribution in [3.8, 4) is 5.75 Å². The zero-order chi connectivity index (χ0) is 22.8. The molecule has 1 fully saturated rings. The summed E-state index contributed by atoms with van der Waals surface area (Å²) in [6.07, 6.45) is 4.95.